The largest absolute Gasteiger partial charge is 0.485 e. The normalized spacial score (nSPS) is 14.0. The molecule has 45 heavy (non-hydrogen) atoms. The van der Waals surface area contributed by atoms with E-state index in [1.54, 1.807) is 22.7 Å². The van der Waals surface area contributed by atoms with Gasteiger partial charge in [-0.05, 0) is 30.4 Å². The summed E-state index contributed by atoms with van der Waals surface area (Å²) in [7, 11) is 0. The van der Waals surface area contributed by atoms with Crippen LogP contribution in [0, 0.1) is 0 Å². The third-order valence-electron chi connectivity index (χ3n) is 8.31. The molecule has 0 atom stereocenters. The second-order valence-corrected chi connectivity index (χ2v) is 16.7. The molecule has 0 amide bonds. The van der Waals surface area contributed by atoms with E-state index < -0.39 is 0 Å². The van der Waals surface area contributed by atoms with E-state index in [0.717, 1.165) is 28.8 Å². The Hall–Kier alpha value is -1.52. The van der Waals surface area contributed by atoms with Crippen molar-refractivity contribution in [1.82, 2.24) is 0 Å². The van der Waals surface area contributed by atoms with E-state index in [1.807, 2.05) is 11.3 Å². The molecule has 0 unspecified atom stereocenters. The molecule has 4 nitrogen and oxygen atoms in total. The topological polar surface area (TPSA) is 36.9 Å². The maximum Gasteiger partial charge on any atom is 0.180 e. The zero-order valence-corrected chi connectivity index (χ0v) is 30.8. The van der Waals surface area contributed by atoms with Crippen LogP contribution in [-0.2, 0) is 0 Å². The Morgan fingerprint density at radius 1 is 0.578 bits per heavy atom. The summed E-state index contributed by atoms with van der Waals surface area (Å²) in [6.07, 6.45) is 15.9. The first-order valence-corrected chi connectivity index (χ1v) is 21.4. The van der Waals surface area contributed by atoms with Crippen molar-refractivity contribution in [2.75, 3.05) is 37.9 Å². The van der Waals surface area contributed by atoms with Crippen molar-refractivity contribution in [1.29, 1.82) is 0 Å². The molecule has 3 aromatic heterocycles. The molecule has 0 saturated carbocycles. The second kappa shape index (κ2) is 17.0. The van der Waals surface area contributed by atoms with Crippen LogP contribution in [0.25, 0.3) is 30.3 Å². The van der Waals surface area contributed by atoms with Crippen LogP contribution in [0.3, 0.4) is 0 Å². The first-order chi connectivity index (χ1) is 22.3. The Morgan fingerprint density at radius 3 is 1.73 bits per heavy atom. The molecule has 9 heteroatoms. The average Bonchev–Trinajstić information content (AvgIpc) is 3.79. The molecule has 0 saturated heterocycles. The van der Waals surface area contributed by atoms with Gasteiger partial charge in [-0.3, -0.25) is 0 Å². The molecule has 0 radical (unpaired) electrons. The van der Waals surface area contributed by atoms with Crippen LogP contribution in [0.5, 0.6) is 23.0 Å². The maximum absolute atomic E-state index is 6.26. The Kier molecular flexibility index (Phi) is 12.6. The van der Waals surface area contributed by atoms with E-state index in [2.05, 4.69) is 60.3 Å². The third kappa shape index (κ3) is 7.97. The van der Waals surface area contributed by atoms with Crippen LogP contribution in [0.2, 0.25) is 0 Å². The third-order valence-corrected chi connectivity index (χ3v) is 14.2. The Bertz CT molecular complexity index is 1520. The molecule has 0 fully saturated rings. The molecule has 2 aliphatic rings. The summed E-state index contributed by atoms with van der Waals surface area (Å²) in [6, 6.07) is 4.77. The summed E-state index contributed by atoms with van der Waals surface area (Å²) in [5, 5.41) is 6.91. The van der Waals surface area contributed by atoms with Gasteiger partial charge in [0.1, 0.15) is 26.4 Å². The SMILES string of the molecule is CCCCCCCCSc1ccc2c(-c3scc4c3OCCO4)sc(-c3scc4c3OCCO4)c2c1SCCCCCCCC. The van der Waals surface area contributed by atoms with Gasteiger partial charge in [0.25, 0.3) is 0 Å². The maximum atomic E-state index is 6.26. The second-order valence-electron chi connectivity index (χ2n) is 11.7. The summed E-state index contributed by atoms with van der Waals surface area (Å²) >= 11 is 9.48. The van der Waals surface area contributed by atoms with Gasteiger partial charge in [0.15, 0.2) is 23.0 Å². The molecular formula is C36H46O4S5. The van der Waals surface area contributed by atoms with Gasteiger partial charge in [0.05, 0.1) is 19.5 Å². The fourth-order valence-electron chi connectivity index (χ4n) is 5.93. The van der Waals surface area contributed by atoms with Crippen LogP contribution in [0.1, 0.15) is 90.9 Å². The van der Waals surface area contributed by atoms with Gasteiger partial charge in [-0.15, -0.1) is 57.5 Å². The van der Waals surface area contributed by atoms with Crippen molar-refractivity contribution in [3.8, 4) is 42.5 Å². The summed E-state index contributed by atoms with van der Waals surface area (Å²) in [6.45, 7) is 6.98. The lowest BCUT2D eigenvalue weighted by molar-refractivity contribution is 0.174. The molecule has 0 aliphatic carbocycles. The highest BCUT2D eigenvalue weighted by Crippen LogP contribution is 2.58. The zero-order valence-electron chi connectivity index (χ0n) is 26.7. The summed E-state index contributed by atoms with van der Waals surface area (Å²) in [4.78, 5) is 7.79. The lowest BCUT2D eigenvalue weighted by atomic mass is 10.1. The van der Waals surface area contributed by atoms with Gasteiger partial charge in [-0.1, -0.05) is 84.1 Å². The first-order valence-electron chi connectivity index (χ1n) is 16.9. The molecule has 6 rings (SSSR count). The van der Waals surface area contributed by atoms with E-state index in [1.165, 1.54) is 123 Å². The Labute approximate surface area is 289 Å². The number of fused-ring (bicyclic) bond motifs is 3. The van der Waals surface area contributed by atoms with Crippen LogP contribution in [-0.4, -0.2) is 37.9 Å². The summed E-state index contributed by atoms with van der Waals surface area (Å²) in [5.74, 6) is 5.88. The smallest absolute Gasteiger partial charge is 0.180 e. The van der Waals surface area contributed by atoms with Crippen molar-refractivity contribution < 1.29 is 18.9 Å². The van der Waals surface area contributed by atoms with Gasteiger partial charge < -0.3 is 18.9 Å². The highest BCUT2D eigenvalue weighted by Gasteiger charge is 2.29. The molecule has 5 heterocycles. The predicted molar refractivity (Wildman–Crippen MR) is 199 cm³/mol. The summed E-state index contributed by atoms with van der Waals surface area (Å²) in [5.41, 5.74) is 0. The minimum Gasteiger partial charge on any atom is -0.485 e. The molecule has 244 valence electrons. The van der Waals surface area contributed by atoms with Crippen LogP contribution >= 0.6 is 57.5 Å². The minimum atomic E-state index is 0.592. The highest BCUT2D eigenvalue weighted by molar-refractivity contribution is 8.02. The number of thioether (sulfide) groups is 2. The fourth-order valence-corrected chi connectivity index (χ4v) is 11.9. The number of thiophene rings is 3. The predicted octanol–water partition coefficient (Wildman–Crippen LogP) is 12.8. The molecule has 0 bridgehead atoms. The number of benzene rings is 1. The highest BCUT2D eigenvalue weighted by atomic mass is 32.2. The monoisotopic (exact) mass is 702 g/mol. The van der Waals surface area contributed by atoms with E-state index in [0.29, 0.717) is 26.4 Å². The number of rotatable bonds is 18. The Balaban J connectivity index is 1.37. The molecular weight excluding hydrogens is 657 g/mol. The van der Waals surface area contributed by atoms with E-state index in [-0.39, 0.29) is 0 Å². The molecule has 4 aromatic rings. The first kappa shape index (κ1) is 33.4. The van der Waals surface area contributed by atoms with Crippen molar-refractivity contribution in [2.24, 2.45) is 0 Å². The number of unbranched alkanes of at least 4 members (excludes halogenated alkanes) is 10. The lowest BCUT2D eigenvalue weighted by Gasteiger charge is -2.16. The van der Waals surface area contributed by atoms with Crippen molar-refractivity contribution in [3.05, 3.63) is 22.9 Å². The quantitative estimate of drug-likeness (QED) is 0.0759. The van der Waals surface area contributed by atoms with Gasteiger partial charge in [-0.2, -0.15) is 0 Å². The van der Waals surface area contributed by atoms with Crippen LogP contribution in [0.4, 0.5) is 0 Å². The number of ether oxygens (including phenoxy) is 4. The number of hydrogen-bond acceptors (Lipinski definition) is 9. The van der Waals surface area contributed by atoms with E-state index in [9.17, 15) is 0 Å². The zero-order chi connectivity index (χ0) is 30.8. The molecule has 0 N–H and O–H groups in total. The van der Waals surface area contributed by atoms with E-state index in [4.69, 9.17) is 18.9 Å². The van der Waals surface area contributed by atoms with Crippen molar-refractivity contribution in [2.45, 2.75) is 101 Å². The van der Waals surface area contributed by atoms with Crippen molar-refractivity contribution in [3.63, 3.8) is 0 Å². The van der Waals surface area contributed by atoms with Crippen LogP contribution < -0.4 is 18.9 Å². The summed E-state index contributed by atoms with van der Waals surface area (Å²) < 4.78 is 24.4. The van der Waals surface area contributed by atoms with E-state index >= 15 is 0 Å². The van der Waals surface area contributed by atoms with Crippen LogP contribution in [0.15, 0.2) is 32.7 Å². The average molecular weight is 703 g/mol. The lowest BCUT2D eigenvalue weighted by Crippen LogP contribution is -2.14. The van der Waals surface area contributed by atoms with Gasteiger partial charge >= 0.3 is 0 Å². The molecule has 1 aromatic carbocycles. The molecule has 2 aliphatic heterocycles. The van der Waals surface area contributed by atoms with Gasteiger partial charge in [-0.25, -0.2) is 0 Å². The Morgan fingerprint density at radius 2 is 1.11 bits per heavy atom. The minimum absolute atomic E-state index is 0.592. The van der Waals surface area contributed by atoms with Gasteiger partial charge in [0.2, 0.25) is 0 Å². The molecule has 0 spiro atoms. The van der Waals surface area contributed by atoms with Crippen molar-refractivity contribution >= 4 is 68.3 Å². The standard InChI is InChI=1S/C36H46O4S5/c1-3-5-7-9-11-13-21-41-28-16-15-25-29(33(28)42-22-14-12-10-8-6-4-2)34(36-31-27(24-44-36)38-18-20-40-31)45-32(25)35-30-26(23-43-35)37-17-19-39-30/h15-16,23-24H,3-14,17-22H2,1-2H3. The van der Waals surface area contributed by atoms with Gasteiger partial charge in [0, 0.05) is 31.3 Å². The fraction of sp³-hybridized carbons (Fsp3) is 0.556. The number of hydrogen-bond donors (Lipinski definition) is 0.